The molecule has 0 aliphatic heterocycles. The van der Waals surface area contributed by atoms with Crippen LogP contribution in [0.3, 0.4) is 0 Å². The highest BCUT2D eigenvalue weighted by Gasteiger charge is 2.22. The topological polar surface area (TPSA) is 89.0 Å². The average Bonchev–Trinajstić information content (AvgIpc) is 2.61. The first-order chi connectivity index (χ1) is 12.5. The summed E-state index contributed by atoms with van der Waals surface area (Å²) in [6, 6.07) is 5.04. The number of ether oxygens (including phenoxy) is 1. The van der Waals surface area contributed by atoms with Crippen LogP contribution >= 0.6 is 11.6 Å². The standard InChI is InChI=1S/C18H24ClN3O4/c1-12-5-3-4-6-14(12)21-18(24)11-26-20-10-17(23)22-15-9-13(19)7-8-16(15)25-2/h7-10,12,14H,3-6,11H2,1-2H3,(H,21,24)(H,22,23)/b20-10-/t12-,14+/m1/s1. The highest BCUT2D eigenvalue weighted by molar-refractivity contribution is 6.33. The van der Waals surface area contributed by atoms with E-state index in [1.807, 2.05) is 0 Å². The van der Waals surface area contributed by atoms with Gasteiger partial charge in [0.15, 0.2) is 6.61 Å². The smallest absolute Gasteiger partial charge is 0.270 e. The Balaban J connectivity index is 1.75. The molecule has 0 radical (unpaired) electrons. The maximum atomic E-state index is 11.9. The second-order valence-electron chi connectivity index (χ2n) is 6.28. The maximum Gasteiger partial charge on any atom is 0.270 e. The van der Waals surface area contributed by atoms with Crippen LogP contribution < -0.4 is 15.4 Å². The van der Waals surface area contributed by atoms with Crippen LogP contribution in [0.15, 0.2) is 23.4 Å². The molecular formula is C18H24ClN3O4. The Morgan fingerprint density at radius 3 is 2.85 bits per heavy atom. The molecule has 0 unspecified atom stereocenters. The molecular weight excluding hydrogens is 358 g/mol. The average molecular weight is 382 g/mol. The Bertz CT molecular complexity index is 666. The monoisotopic (exact) mass is 381 g/mol. The van der Waals surface area contributed by atoms with Crippen molar-refractivity contribution in [3.05, 3.63) is 23.2 Å². The van der Waals surface area contributed by atoms with Gasteiger partial charge in [-0.25, -0.2) is 0 Å². The predicted octanol–water partition coefficient (Wildman–Crippen LogP) is 2.98. The van der Waals surface area contributed by atoms with E-state index in [0.717, 1.165) is 25.5 Å². The van der Waals surface area contributed by atoms with Gasteiger partial charge in [0.2, 0.25) is 0 Å². The number of hydrogen-bond donors (Lipinski definition) is 2. The van der Waals surface area contributed by atoms with E-state index in [2.05, 4.69) is 22.7 Å². The molecule has 8 heteroatoms. The number of nitrogens with zero attached hydrogens (tertiary/aromatic N) is 1. The number of hydrogen-bond acceptors (Lipinski definition) is 5. The summed E-state index contributed by atoms with van der Waals surface area (Å²) >= 11 is 5.90. The third-order valence-corrected chi connectivity index (χ3v) is 4.55. The summed E-state index contributed by atoms with van der Waals surface area (Å²) in [6.45, 7) is 1.91. The van der Waals surface area contributed by atoms with E-state index in [1.54, 1.807) is 18.2 Å². The van der Waals surface area contributed by atoms with Gasteiger partial charge in [-0.3, -0.25) is 9.59 Å². The van der Waals surface area contributed by atoms with E-state index in [9.17, 15) is 9.59 Å². The molecule has 0 spiro atoms. The molecule has 1 saturated carbocycles. The largest absolute Gasteiger partial charge is 0.495 e. The normalized spacial score (nSPS) is 19.8. The Labute approximate surface area is 158 Å². The van der Waals surface area contributed by atoms with Crippen LogP contribution in [0.4, 0.5) is 5.69 Å². The van der Waals surface area contributed by atoms with E-state index in [4.69, 9.17) is 21.2 Å². The zero-order valence-electron chi connectivity index (χ0n) is 15.0. The van der Waals surface area contributed by atoms with E-state index >= 15 is 0 Å². The van der Waals surface area contributed by atoms with Crippen molar-refractivity contribution in [3.63, 3.8) is 0 Å². The molecule has 0 bridgehead atoms. The lowest BCUT2D eigenvalue weighted by Crippen LogP contribution is -2.42. The number of benzene rings is 1. The van der Waals surface area contributed by atoms with E-state index < -0.39 is 5.91 Å². The van der Waals surface area contributed by atoms with Gasteiger partial charge < -0.3 is 20.2 Å². The van der Waals surface area contributed by atoms with Crippen LogP contribution in [0.2, 0.25) is 5.02 Å². The first-order valence-electron chi connectivity index (χ1n) is 8.59. The molecule has 2 rings (SSSR count). The SMILES string of the molecule is COc1ccc(Cl)cc1NC(=O)/C=N\OCC(=O)N[C@H]1CCCC[C@H]1C. The number of anilines is 1. The molecule has 0 heterocycles. The molecule has 2 amide bonds. The fourth-order valence-electron chi connectivity index (χ4n) is 2.90. The summed E-state index contributed by atoms with van der Waals surface area (Å²) in [5.41, 5.74) is 0.417. The summed E-state index contributed by atoms with van der Waals surface area (Å²) < 4.78 is 5.14. The molecule has 26 heavy (non-hydrogen) atoms. The van der Waals surface area contributed by atoms with Crippen molar-refractivity contribution in [2.75, 3.05) is 19.0 Å². The number of carbonyl (C=O) groups is 2. The van der Waals surface area contributed by atoms with Crippen LogP contribution in [0.1, 0.15) is 32.6 Å². The number of oxime groups is 1. The Kier molecular flexibility index (Phi) is 7.72. The maximum absolute atomic E-state index is 11.9. The van der Waals surface area contributed by atoms with Crippen molar-refractivity contribution in [1.82, 2.24) is 5.32 Å². The van der Waals surface area contributed by atoms with Gasteiger partial charge in [-0.15, -0.1) is 0 Å². The van der Waals surface area contributed by atoms with Crippen molar-refractivity contribution in [1.29, 1.82) is 0 Å². The summed E-state index contributed by atoms with van der Waals surface area (Å²) in [6.07, 6.45) is 5.40. The van der Waals surface area contributed by atoms with E-state index in [0.29, 0.717) is 22.4 Å². The van der Waals surface area contributed by atoms with Gasteiger partial charge >= 0.3 is 0 Å². The molecule has 2 atom stereocenters. The predicted molar refractivity (Wildman–Crippen MR) is 101 cm³/mol. The first-order valence-corrected chi connectivity index (χ1v) is 8.96. The molecule has 1 aliphatic rings. The summed E-state index contributed by atoms with van der Waals surface area (Å²) in [4.78, 5) is 28.6. The molecule has 7 nitrogen and oxygen atoms in total. The van der Waals surface area contributed by atoms with Crippen LogP contribution in [0, 0.1) is 5.92 Å². The fourth-order valence-corrected chi connectivity index (χ4v) is 3.08. The number of methoxy groups -OCH3 is 1. The second-order valence-corrected chi connectivity index (χ2v) is 6.71. The third kappa shape index (κ3) is 6.22. The summed E-state index contributed by atoms with van der Waals surface area (Å²) in [5, 5.41) is 9.52. The van der Waals surface area contributed by atoms with Crippen molar-refractivity contribution < 1.29 is 19.2 Å². The third-order valence-electron chi connectivity index (χ3n) is 4.32. The van der Waals surface area contributed by atoms with E-state index in [-0.39, 0.29) is 18.6 Å². The van der Waals surface area contributed by atoms with Gasteiger partial charge in [-0.1, -0.05) is 36.5 Å². The van der Waals surface area contributed by atoms with Crippen LogP contribution in [0.25, 0.3) is 0 Å². The van der Waals surface area contributed by atoms with Gasteiger partial charge in [-0.05, 0) is 37.0 Å². The summed E-state index contributed by atoms with van der Waals surface area (Å²) in [5.74, 6) is 0.178. The van der Waals surface area contributed by atoms with Gasteiger partial charge in [0, 0.05) is 11.1 Å². The molecule has 1 aliphatic carbocycles. The molecule has 1 fully saturated rings. The Hall–Kier alpha value is -2.28. The van der Waals surface area contributed by atoms with Crippen molar-refractivity contribution in [2.45, 2.75) is 38.6 Å². The Morgan fingerprint density at radius 1 is 1.35 bits per heavy atom. The number of halogens is 1. The first kappa shape index (κ1) is 20.0. The quantitative estimate of drug-likeness (QED) is 0.561. The zero-order chi connectivity index (χ0) is 18.9. The molecule has 0 saturated heterocycles. The minimum Gasteiger partial charge on any atom is -0.495 e. The number of amides is 2. The van der Waals surface area contributed by atoms with E-state index in [1.165, 1.54) is 13.5 Å². The summed E-state index contributed by atoms with van der Waals surface area (Å²) in [7, 11) is 1.49. The van der Waals surface area contributed by atoms with Gasteiger partial charge in [0.1, 0.15) is 12.0 Å². The van der Waals surface area contributed by atoms with Crippen LogP contribution in [-0.4, -0.2) is 37.8 Å². The molecule has 142 valence electrons. The van der Waals surface area contributed by atoms with Crippen molar-refractivity contribution >= 4 is 35.3 Å². The minimum absolute atomic E-state index is 0.183. The molecule has 2 N–H and O–H groups in total. The highest BCUT2D eigenvalue weighted by Crippen LogP contribution is 2.27. The molecule has 1 aromatic carbocycles. The van der Waals surface area contributed by atoms with Crippen molar-refractivity contribution in [3.8, 4) is 5.75 Å². The Morgan fingerprint density at radius 2 is 2.12 bits per heavy atom. The van der Waals surface area contributed by atoms with Gasteiger partial charge in [0.25, 0.3) is 11.8 Å². The second kappa shape index (κ2) is 10.0. The number of rotatable bonds is 7. The minimum atomic E-state index is -0.521. The lowest BCUT2D eigenvalue weighted by Gasteiger charge is -2.29. The zero-order valence-corrected chi connectivity index (χ0v) is 15.7. The van der Waals surface area contributed by atoms with Crippen LogP contribution in [-0.2, 0) is 14.4 Å². The molecule has 1 aromatic rings. The van der Waals surface area contributed by atoms with Crippen molar-refractivity contribution in [2.24, 2.45) is 11.1 Å². The van der Waals surface area contributed by atoms with Crippen LogP contribution in [0.5, 0.6) is 5.75 Å². The lowest BCUT2D eigenvalue weighted by atomic mass is 9.86. The highest BCUT2D eigenvalue weighted by atomic mass is 35.5. The lowest BCUT2D eigenvalue weighted by molar-refractivity contribution is -0.127. The fraction of sp³-hybridized carbons (Fsp3) is 0.500. The number of carbonyl (C=O) groups excluding carboxylic acids is 2. The number of nitrogens with one attached hydrogen (secondary N) is 2. The molecule has 0 aromatic heterocycles. The van der Waals surface area contributed by atoms with Gasteiger partial charge in [0.05, 0.1) is 12.8 Å². The van der Waals surface area contributed by atoms with Gasteiger partial charge in [-0.2, -0.15) is 0 Å².